The number of nitrogens with two attached hydrogens (primary N) is 1. The number of nitrogens with one attached hydrogen (secondary N) is 1. The van der Waals surface area contributed by atoms with E-state index in [1.54, 1.807) is 0 Å². The number of aromatic nitrogens is 2. The molecule has 30 heavy (non-hydrogen) atoms. The van der Waals surface area contributed by atoms with Crippen LogP contribution in [0.15, 0.2) is 84.9 Å². The molecule has 0 aliphatic carbocycles. The van der Waals surface area contributed by atoms with Gasteiger partial charge in [0.05, 0.1) is 11.4 Å². The van der Waals surface area contributed by atoms with Crippen LogP contribution in [0.5, 0.6) is 17.2 Å². The third-order valence-electron chi connectivity index (χ3n) is 4.42. The molecule has 0 saturated carbocycles. The van der Waals surface area contributed by atoms with Gasteiger partial charge in [0.1, 0.15) is 37.1 Å². The van der Waals surface area contributed by atoms with Crippen molar-refractivity contribution in [2.24, 2.45) is 0 Å². The van der Waals surface area contributed by atoms with Crippen molar-refractivity contribution in [3.63, 3.8) is 0 Å². The number of H-pyrrole nitrogens is 1. The summed E-state index contributed by atoms with van der Waals surface area (Å²) in [6.45, 7) is 1.37. The minimum Gasteiger partial charge on any atom is -0.490 e. The summed E-state index contributed by atoms with van der Waals surface area (Å²) in [5.41, 5.74) is 9.13. The average Bonchev–Trinajstić information content (AvgIpc) is 3.27. The SMILES string of the molecule is Nc1ccc(OCc2cc(-c3ccc(OCCOc4ccccc4)cc3)n[nH]2)cc1. The largest absolute Gasteiger partial charge is 0.490 e. The van der Waals surface area contributed by atoms with Crippen molar-refractivity contribution in [2.75, 3.05) is 18.9 Å². The van der Waals surface area contributed by atoms with Gasteiger partial charge < -0.3 is 19.9 Å². The molecular weight excluding hydrogens is 378 g/mol. The first-order chi connectivity index (χ1) is 14.8. The molecule has 1 aromatic heterocycles. The first-order valence-corrected chi connectivity index (χ1v) is 9.70. The molecule has 0 aliphatic heterocycles. The number of nitrogen functional groups attached to an aromatic ring is 1. The summed E-state index contributed by atoms with van der Waals surface area (Å²) in [6, 6.07) is 26.8. The van der Waals surface area contributed by atoms with E-state index in [1.165, 1.54) is 0 Å². The lowest BCUT2D eigenvalue weighted by molar-refractivity contribution is 0.217. The maximum Gasteiger partial charge on any atom is 0.130 e. The molecule has 4 aromatic rings. The zero-order valence-electron chi connectivity index (χ0n) is 16.5. The zero-order valence-corrected chi connectivity index (χ0v) is 16.5. The number of ether oxygens (including phenoxy) is 3. The molecular formula is C24H23N3O3. The molecule has 0 aliphatic rings. The molecule has 0 unspecified atom stereocenters. The molecule has 4 rings (SSSR count). The van der Waals surface area contributed by atoms with Gasteiger partial charge in [-0.15, -0.1) is 0 Å². The number of anilines is 1. The van der Waals surface area contributed by atoms with Crippen LogP contribution >= 0.6 is 0 Å². The van der Waals surface area contributed by atoms with E-state index in [9.17, 15) is 0 Å². The molecule has 0 saturated heterocycles. The minimum atomic E-state index is 0.402. The molecule has 0 fully saturated rings. The monoisotopic (exact) mass is 401 g/mol. The molecule has 0 radical (unpaired) electrons. The van der Waals surface area contributed by atoms with Crippen molar-refractivity contribution in [3.05, 3.63) is 90.6 Å². The van der Waals surface area contributed by atoms with Crippen molar-refractivity contribution in [1.29, 1.82) is 0 Å². The zero-order chi connectivity index (χ0) is 20.6. The van der Waals surface area contributed by atoms with Gasteiger partial charge in [-0.05, 0) is 66.7 Å². The summed E-state index contributed by atoms with van der Waals surface area (Å²) in [5, 5.41) is 7.38. The van der Waals surface area contributed by atoms with Gasteiger partial charge in [-0.3, -0.25) is 5.10 Å². The van der Waals surface area contributed by atoms with Crippen molar-refractivity contribution in [3.8, 4) is 28.5 Å². The summed E-state index contributed by atoms with van der Waals surface area (Å²) >= 11 is 0. The molecule has 0 atom stereocenters. The highest BCUT2D eigenvalue weighted by Crippen LogP contribution is 2.22. The molecule has 3 N–H and O–H groups in total. The Balaban J connectivity index is 1.26. The quantitative estimate of drug-likeness (QED) is 0.314. The van der Waals surface area contributed by atoms with Crippen LogP contribution < -0.4 is 19.9 Å². The van der Waals surface area contributed by atoms with E-state index in [0.29, 0.717) is 25.5 Å². The van der Waals surface area contributed by atoms with Gasteiger partial charge in [0.15, 0.2) is 0 Å². The summed E-state index contributed by atoms with van der Waals surface area (Å²) in [5.74, 6) is 2.39. The minimum absolute atomic E-state index is 0.402. The number of aromatic amines is 1. The molecule has 6 nitrogen and oxygen atoms in total. The second-order valence-corrected chi connectivity index (χ2v) is 6.67. The van der Waals surface area contributed by atoms with E-state index in [1.807, 2.05) is 84.9 Å². The number of hydrogen-bond donors (Lipinski definition) is 2. The standard InChI is InChI=1S/C24H23N3O3/c25-19-8-12-23(13-9-19)30-17-20-16-24(27-26-20)18-6-10-22(11-7-18)29-15-14-28-21-4-2-1-3-5-21/h1-13,16H,14-15,17,25H2,(H,26,27). The van der Waals surface area contributed by atoms with Crippen molar-refractivity contribution in [2.45, 2.75) is 6.61 Å². The Labute approximate surface area is 175 Å². The average molecular weight is 401 g/mol. The van der Waals surface area contributed by atoms with Crippen LogP contribution in [-0.2, 0) is 6.61 Å². The first kappa shape index (κ1) is 19.4. The number of hydrogen-bond acceptors (Lipinski definition) is 5. The van der Waals surface area contributed by atoms with Gasteiger partial charge in [0.2, 0.25) is 0 Å². The smallest absolute Gasteiger partial charge is 0.130 e. The molecule has 6 heteroatoms. The predicted molar refractivity (Wildman–Crippen MR) is 117 cm³/mol. The van der Waals surface area contributed by atoms with Crippen LogP contribution in [0.3, 0.4) is 0 Å². The second-order valence-electron chi connectivity index (χ2n) is 6.67. The highest BCUT2D eigenvalue weighted by Gasteiger charge is 2.06. The second kappa shape index (κ2) is 9.52. The Morgan fingerprint density at radius 3 is 2.00 bits per heavy atom. The van der Waals surface area contributed by atoms with E-state index in [-0.39, 0.29) is 0 Å². The van der Waals surface area contributed by atoms with Crippen LogP contribution in [0.1, 0.15) is 5.69 Å². The number of para-hydroxylation sites is 1. The van der Waals surface area contributed by atoms with E-state index in [2.05, 4.69) is 10.2 Å². The van der Waals surface area contributed by atoms with Gasteiger partial charge in [0, 0.05) is 11.3 Å². The fourth-order valence-corrected chi connectivity index (χ4v) is 2.87. The summed E-state index contributed by atoms with van der Waals surface area (Å²) in [7, 11) is 0. The Morgan fingerprint density at radius 1 is 0.700 bits per heavy atom. The van der Waals surface area contributed by atoms with E-state index in [4.69, 9.17) is 19.9 Å². The highest BCUT2D eigenvalue weighted by molar-refractivity contribution is 5.60. The van der Waals surface area contributed by atoms with Gasteiger partial charge in [-0.25, -0.2) is 0 Å². The van der Waals surface area contributed by atoms with Crippen LogP contribution in [0, 0.1) is 0 Å². The van der Waals surface area contributed by atoms with Crippen LogP contribution in [0.4, 0.5) is 5.69 Å². The third kappa shape index (κ3) is 5.32. The molecule has 0 bridgehead atoms. The number of benzene rings is 3. The summed E-state index contributed by atoms with van der Waals surface area (Å²) < 4.78 is 17.1. The molecule has 152 valence electrons. The lowest BCUT2D eigenvalue weighted by atomic mass is 10.1. The molecule has 0 amide bonds. The lowest BCUT2D eigenvalue weighted by Crippen LogP contribution is -2.08. The normalized spacial score (nSPS) is 10.5. The summed E-state index contributed by atoms with van der Waals surface area (Å²) in [6.07, 6.45) is 0. The maximum absolute atomic E-state index is 5.74. The third-order valence-corrected chi connectivity index (χ3v) is 4.42. The van der Waals surface area contributed by atoms with Crippen LogP contribution in [0.2, 0.25) is 0 Å². The van der Waals surface area contributed by atoms with Gasteiger partial charge in [-0.2, -0.15) is 5.10 Å². The van der Waals surface area contributed by atoms with Gasteiger partial charge >= 0.3 is 0 Å². The molecule has 1 heterocycles. The number of rotatable bonds is 9. The number of nitrogens with zero attached hydrogens (tertiary/aromatic N) is 1. The van der Waals surface area contributed by atoms with Crippen LogP contribution in [-0.4, -0.2) is 23.4 Å². The lowest BCUT2D eigenvalue weighted by Gasteiger charge is -2.08. The predicted octanol–water partition coefficient (Wildman–Crippen LogP) is 4.70. The molecule has 3 aromatic carbocycles. The van der Waals surface area contributed by atoms with Crippen LogP contribution in [0.25, 0.3) is 11.3 Å². The Morgan fingerprint density at radius 2 is 1.30 bits per heavy atom. The van der Waals surface area contributed by atoms with Gasteiger partial charge in [0.25, 0.3) is 0 Å². The van der Waals surface area contributed by atoms with Gasteiger partial charge in [-0.1, -0.05) is 18.2 Å². The Bertz CT molecular complexity index is 1050. The molecule has 0 spiro atoms. The first-order valence-electron chi connectivity index (χ1n) is 9.70. The highest BCUT2D eigenvalue weighted by atomic mass is 16.5. The maximum atomic E-state index is 5.74. The van der Waals surface area contributed by atoms with Crippen molar-refractivity contribution >= 4 is 5.69 Å². The Hall–Kier alpha value is -3.93. The van der Waals surface area contributed by atoms with E-state index >= 15 is 0 Å². The topological polar surface area (TPSA) is 82.4 Å². The van der Waals surface area contributed by atoms with Crippen molar-refractivity contribution < 1.29 is 14.2 Å². The summed E-state index contributed by atoms with van der Waals surface area (Å²) in [4.78, 5) is 0. The Kier molecular flexibility index (Phi) is 6.15. The van der Waals surface area contributed by atoms with E-state index < -0.39 is 0 Å². The van der Waals surface area contributed by atoms with Crippen molar-refractivity contribution in [1.82, 2.24) is 10.2 Å². The fourth-order valence-electron chi connectivity index (χ4n) is 2.87. The fraction of sp³-hybridized carbons (Fsp3) is 0.125. The van der Waals surface area contributed by atoms with E-state index in [0.717, 1.165) is 34.2 Å².